The second-order valence-corrected chi connectivity index (χ2v) is 10.2. The average Bonchev–Trinajstić information content (AvgIpc) is 3.57. The molecule has 1 saturated carbocycles. The Morgan fingerprint density at radius 2 is 1.94 bits per heavy atom. The van der Waals surface area contributed by atoms with Gasteiger partial charge in [0.05, 0.1) is 34.7 Å². The van der Waals surface area contributed by atoms with Gasteiger partial charge in [0.2, 0.25) is 0 Å². The molecule has 166 valence electrons. The molecule has 0 unspecified atom stereocenters. The van der Waals surface area contributed by atoms with E-state index >= 15 is 0 Å². The molecule has 2 N–H and O–H groups in total. The lowest BCUT2D eigenvalue weighted by atomic mass is 10.1. The van der Waals surface area contributed by atoms with E-state index in [2.05, 4.69) is 17.9 Å². The van der Waals surface area contributed by atoms with Crippen molar-refractivity contribution in [2.75, 3.05) is 30.4 Å². The molecule has 8 heteroatoms. The van der Waals surface area contributed by atoms with Crippen LogP contribution in [0.2, 0.25) is 5.02 Å². The first-order valence-corrected chi connectivity index (χ1v) is 11.9. The van der Waals surface area contributed by atoms with Crippen molar-refractivity contribution in [3.8, 4) is 11.4 Å². The zero-order valence-electron chi connectivity index (χ0n) is 17.7. The van der Waals surface area contributed by atoms with Gasteiger partial charge >= 0.3 is 0 Å². The fourth-order valence-corrected chi connectivity index (χ4v) is 5.46. The summed E-state index contributed by atoms with van der Waals surface area (Å²) in [6.07, 6.45) is 1.98. The van der Waals surface area contributed by atoms with Crippen LogP contribution in [0.25, 0.3) is 11.4 Å². The van der Waals surface area contributed by atoms with Crippen LogP contribution in [0.4, 0.5) is 15.9 Å². The van der Waals surface area contributed by atoms with E-state index in [0.29, 0.717) is 24.7 Å². The summed E-state index contributed by atoms with van der Waals surface area (Å²) in [5.74, 6) is 1.18. The lowest BCUT2D eigenvalue weighted by Crippen LogP contribution is -2.44. The van der Waals surface area contributed by atoms with Gasteiger partial charge in [0.25, 0.3) is 0 Å². The van der Waals surface area contributed by atoms with Gasteiger partial charge < -0.3 is 15.4 Å². The molecule has 0 amide bonds. The van der Waals surface area contributed by atoms with Crippen molar-refractivity contribution < 1.29 is 9.13 Å². The maximum atomic E-state index is 13.6. The highest BCUT2D eigenvalue weighted by Gasteiger charge is 2.47. The van der Waals surface area contributed by atoms with Crippen LogP contribution in [0.15, 0.2) is 53.4 Å². The van der Waals surface area contributed by atoms with Crippen LogP contribution < -0.4 is 10.6 Å². The summed E-state index contributed by atoms with van der Waals surface area (Å²) in [5, 5.41) is 0.138. The zero-order chi connectivity index (χ0) is 22.3. The third-order valence-corrected chi connectivity index (χ3v) is 7.71. The molecule has 32 heavy (non-hydrogen) atoms. The molecule has 1 atom stereocenters. The van der Waals surface area contributed by atoms with Gasteiger partial charge in [-0.05, 0) is 62.2 Å². The molecule has 2 aromatic carbocycles. The highest BCUT2D eigenvalue weighted by Crippen LogP contribution is 2.59. The third kappa shape index (κ3) is 4.29. The van der Waals surface area contributed by atoms with E-state index in [1.54, 1.807) is 23.9 Å². The van der Waals surface area contributed by atoms with Crippen molar-refractivity contribution in [2.24, 2.45) is 0 Å². The fourth-order valence-electron chi connectivity index (χ4n) is 3.93. The Morgan fingerprint density at radius 1 is 1.16 bits per heavy atom. The minimum atomic E-state index is -0.405. The Hall–Kier alpha value is -2.35. The summed E-state index contributed by atoms with van der Waals surface area (Å²) in [7, 11) is 0. The lowest BCUT2D eigenvalue weighted by molar-refractivity contribution is 0.0985. The van der Waals surface area contributed by atoms with Crippen molar-refractivity contribution in [3.63, 3.8) is 0 Å². The van der Waals surface area contributed by atoms with Crippen molar-refractivity contribution in [1.82, 2.24) is 9.97 Å². The predicted molar refractivity (Wildman–Crippen MR) is 128 cm³/mol. The first-order chi connectivity index (χ1) is 15.4. The monoisotopic (exact) mass is 470 g/mol. The number of nitrogens with zero attached hydrogens (tertiary/aromatic N) is 3. The Morgan fingerprint density at radius 3 is 2.62 bits per heavy atom. The number of thioether (sulfide) groups is 1. The smallest absolute Gasteiger partial charge is 0.161 e. The molecule has 5 rings (SSSR count). The zero-order valence-corrected chi connectivity index (χ0v) is 19.3. The van der Waals surface area contributed by atoms with E-state index in [-0.39, 0.29) is 15.8 Å². The molecule has 1 saturated heterocycles. The quantitative estimate of drug-likeness (QED) is 0.495. The Balaban J connectivity index is 1.55. The van der Waals surface area contributed by atoms with Crippen molar-refractivity contribution in [1.29, 1.82) is 0 Å². The van der Waals surface area contributed by atoms with E-state index in [1.807, 2.05) is 24.3 Å². The number of aromatic nitrogens is 2. The minimum Gasteiger partial charge on any atom is -0.399 e. The predicted octanol–water partition coefficient (Wildman–Crippen LogP) is 5.52. The number of benzene rings is 2. The van der Waals surface area contributed by atoms with Gasteiger partial charge in [0, 0.05) is 28.8 Å². The number of morpholine rings is 1. The van der Waals surface area contributed by atoms with Crippen LogP contribution in [0.5, 0.6) is 0 Å². The molecular formula is C24H24ClFN4OS. The maximum Gasteiger partial charge on any atom is 0.161 e. The second kappa shape index (κ2) is 8.54. The summed E-state index contributed by atoms with van der Waals surface area (Å²) < 4.78 is 19.1. The number of hydrogen-bond acceptors (Lipinski definition) is 6. The normalized spacial score (nSPS) is 19.7. The number of hydrogen-bond donors (Lipinski definition) is 1. The summed E-state index contributed by atoms with van der Waals surface area (Å²) in [4.78, 5) is 13.1. The maximum absolute atomic E-state index is 13.6. The standard InChI is InChI=1S/C24H24ClFN4OS/c1-15-14-31-11-10-30(15)22-13-21(28-23(29-22)16-2-4-17(27)5-3-16)24(8-9-24)32-18-6-7-20(26)19(25)12-18/h2-7,12-13,15H,8-11,14,27H2,1H3/t15-/m0/s1. The molecule has 1 aliphatic heterocycles. The molecule has 1 aromatic heterocycles. The largest absolute Gasteiger partial charge is 0.399 e. The highest BCUT2D eigenvalue weighted by atomic mass is 35.5. The number of nitrogens with two attached hydrogens (primary N) is 1. The van der Waals surface area contributed by atoms with E-state index < -0.39 is 5.82 Å². The summed E-state index contributed by atoms with van der Waals surface area (Å²) in [5.41, 5.74) is 8.50. The second-order valence-electron chi connectivity index (χ2n) is 8.35. The average molecular weight is 471 g/mol. The van der Waals surface area contributed by atoms with Crippen LogP contribution in [0, 0.1) is 5.82 Å². The van der Waals surface area contributed by atoms with E-state index in [0.717, 1.165) is 41.4 Å². The van der Waals surface area contributed by atoms with Gasteiger partial charge in [-0.25, -0.2) is 14.4 Å². The first-order valence-electron chi connectivity index (χ1n) is 10.7. The van der Waals surface area contributed by atoms with E-state index in [4.69, 9.17) is 32.0 Å². The van der Waals surface area contributed by atoms with Crippen LogP contribution >= 0.6 is 23.4 Å². The summed E-state index contributed by atoms with van der Waals surface area (Å²) >= 11 is 7.72. The number of halogens is 2. The third-order valence-electron chi connectivity index (χ3n) is 5.92. The van der Waals surface area contributed by atoms with Gasteiger partial charge in [-0.1, -0.05) is 11.6 Å². The molecule has 5 nitrogen and oxygen atoms in total. The van der Waals surface area contributed by atoms with Crippen molar-refractivity contribution >= 4 is 34.9 Å². The number of ether oxygens (including phenoxy) is 1. The molecule has 0 radical (unpaired) electrons. The van der Waals surface area contributed by atoms with Gasteiger partial charge in [0.1, 0.15) is 11.6 Å². The van der Waals surface area contributed by atoms with Gasteiger partial charge in [-0.2, -0.15) is 0 Å². The van der Waals surface area contributed by atoms with Gasteiger partial charge in [0.15, 0.2) is 5.82 Å². The van der Waals surface area contributed by atoms with E-state index in [1.165, 1.54) is 6.07 Å². The Bertz CT molecular complexity index is 1140. The molecule has 3 aromatic rings. The number of rotatable bonds is 5. The molecule has 2 fully saturated rings. The number of nitrogen functional groups attached to an aromatic ring is 1. The molecule has 2 heterocycles. The summed E-state index contributed by atoms with van der Waals surface area (Å²) in [6.45, 7) is 4.28. The molecule has 0 bridgehead atoms. The van der Waals surface area contributed by atoms with Crippen molar-refractivity contribution in [2.45, 2.75) is 35.4 Å². The number of anilines is 2. The molecule has 0 spiro atoms. The molecule has 2 aliphatic rings. The van der Waals surface area contributed by atoms with Gasteiger partial charge in [-0.15, -0.1) is 11.8 Å². The van der Waals surface area contributed by atoms with E-state index in [9.17, 15) is 4.39 Å². The topological polar surface area (TPSA) is 64.3 Å². The fraction of sp³-hybridized carbons (Fsp3) is 0.333. The minimum absolute atomic E-state index is 0.138. The van der Waals surface area contributed by atoms with Crippen LogP contribution in [-0.4, -0.2) is 35.8 Å². The van der Waals surface area contributed by atoms with Crippen molar-refractivity contribution in [3.05, 3.63) is 65.1 Å². The SMILES string of the molecule is C[C@H]1COCCN1c1cc(C2(Sc3ccc(F)c(Cl)c3)CC2)nc(-c2ccc(N)cc2)n1. The van der Waals surface area contributed by atoms with Crippen LogP contribution in [-0.2, 0) is 9.48 Å². The van der Waals surface area contributed by atoms with Crippen LogP contribution in [0.3, 0.4) is 0 Å². The molecular weight excluding hydrogens is 447 g/mol. The highest BCUT2D eigenvalue weighted by molar-refractivity contribution is 8.00. The Labute approximate surface area is 196 Å². The lowest BCUT2D eigenvalue weighted by Gasteiger charge is -2.34. The first kappa shape index (κ1) is 21.5. The van der Waals surface area contributed by atoms with Crippen LogP contribution in [0.1, 0.15) is 25.5 Å². The molecule has 1 aliphatic carbocycles. The Kier molecular flexibility index (Phi) is 5.73. The van der Waals surface area contributed by atoms with Gasteiger partial charge in [-0.3, -0.25) is 0 Å². The summed E-state index contributed by atoms with van der Waals surface area (Å²) in [6, 6.07) is 14.9.